The highest BCUT2D eigenvalue weighted by molar-refractivity contribution is 6.32. The van der Waals surface area contributed by atoms with Crippen LogP contribution in [0.2, 0.25) is 0 Å². The number of hydrogen-bond donors (Lipinski definition) is 5. The number of nitrogens with two attached hydrogens (primary N) is 2. The number of nitrogens with one attached hydrogen (secondary N) is 2. The Morgan fingerprint density at radius 1 is 0.980 bits per heavy atom. The van der Waals surface area contributed by atoms with Crippen LogP contribution in [0.25, 0.3) is 0 Å². The van der Waals surface area contributed by atoms with Crippen molar-refractivity contribution in [1.82, 2.24) is 4.90 Å². The third-order valence-electron chi connectivity index (χ3n) is 9.54. The molecule has 2 aromatic carbocycles. The lowest BCUT2D eigenvalue weighted by Gasteiger charge is -2.52. The maximum absolute atomic E-state index is 14.1. The van der Waals surface area contributed by atoms with E-state index in [0.29, 0.717) is 11.3 Å². The van der Waals surface area contributed by atoms with Crippen LogP contribution in [-0.4, -0.2) is 97.3 Å². The van der Waals surface area contributed by atoms with Gasteiger partial charge in [-0.25, -0.2) is 4.99 Å². The van der Waals surface area contributed by atoms with Crippen molar-refractivity contribution in [2.24, 2.45) is 40.1 Å². The van der Waals surface area contributed by atoms with Crippen LogP contribution in [0.3, 0.4) is 0 Å². The molecule has 5 rings (SSSR count). The van der Waals surface area contributed by atoms with Gasteiger partial charge in [0, 0.05) is 42.6 Å². The number of halogens is 3. The maximum Gasteiger partial charge on any atom is 0.416 e. The predicted octanol–water partition coefficient (Wildman–Crippen LogP) is 0.612. The van der Waals surface area contributed by atoms with Crippen LogP contribution in [0, 0.1) is 23.7 Å². The molecule has 2 saturated carbocycles. The number of primary amides is 1. The normalized spacial score (nSPS) is 26.6. The Morgan fingerprint density at radius 3 is 2.18 bits per heavy atom. The molecule has 4 unspecified atom stereocenters. The molecule has 266 valence electrons. The van der Waals surface area contributed by atoms with Crippen molar-refractivity contribution in [2.75, 3.05) is 50.3 Å². The first-order chi connectivity index (χ1) is 23.3. The third kappa shape index (κ3) is 6.22. The van der Waals surface area contributed by atoms with E-state index in [1.54, 1.807) is 25.1 Å². The monoisotopic (exact) mass is 699 g/mol. The number of carbonyl (C=O) groups is 6. The molecule has 0 saturated heterocycles. The van der Waals surface area contributed by atoms with E-state index in [1.807, 2.05) is 0 Å². The number of Topliss-reactive ketones (excluding diaryl/α,β-unsaturated/α-hetero) is 4. The second kappa shape index (κ2) is 12.9. The molecule has 0 bridgehead atoms. The number of rotatable bonds is 7. The quantitative estimate of drug-likeness (QED) is 0.153. The number of anilines is 3. The first-order valence-corrected chi connectivity index (χ1v) is 15.5. The molecule has 3 aliphatic rings. The molecule has 17 heteroatoms. The predicted molar refractivity (Wildman–Crippen MR) is 174 cm³/mol. The van der Waals surface area contributed by atoms with Gasteiger partial charge in [-0.3, -0.25) is 33.7 Å². The van der Waals surface area contributed by atoms with Crippen molar-refractivity contribution in [2.45, 2.75) is 30.7 Å². The molecule has 0 aromatic heterocycles. The van der Waals surface area contributed by atoms with Gasteiger partial charge < -0.3 is 32.1 Å². The van der Waals surface area contributed by atoms with Crippen LogP contribution in [0.5, 0.6) is 0 Å². The van der Waals surface area contributed by atoms with Gasteiger partial charge in [-0.2, -0.15) is 13.2 Å². The fraction of sp³-hybridized carbons (Fsp3) is 0.424. The summed E-state index contributed by atoms with van der Waals surface area (Å²) in [6.07, 6.45) is -4.39. The number of hydrogen-bond acceptors (Lipinski definition) is 10. The number of aliphatic hydroxyl groups is 1. The smallest absolute Gasteiger partial charge is 0.377 e. The summed E-state index contributed by atoms with van der Waals surface area (Å²) in [5.41, 5.74) is 9.06. The zero-order chi connectivity index (χ0) is 37.0. The summed E-state index contributed by atoms with van der Waals surface area (Å²) in [6, 6.07) is 5.82. The second-order valence-electron chi connectivity index (χ2n) is 13.2. The van der Waals surface area contributed by atoms with Gasteiger partial charge >= 0.3 is 6.18 Å². The van der Waals surface area contributed by atoms with Gasteiger partial charge in [0.15, 0.2) is 40.6 Å². The lowest BCUT2D eigenvalue weighted by Crippen LogP contribution is -2.74. The molecule has 50 heavy (non-hydrogen) atoms. The number of likely N-dealkylation sites (N-methyl/N-ethyl adjacent to an activating group) is 1. The highest BCUT2D eigenvalue weighted by atomic mass is 19.4. The third-order valence-corrected chi connectivity index (χ3v) is 9.54. The van der Waals surface area contributed by atoms with Crippen molar-refractivity contribution in [1.29, 1.82) is 0 Å². The zero-order valence-electron chi connectivity index (χ0n) is 27.5. The SMILES string of the molecule is CN(C)c1cc(NC(=O)CN=C(N)Nc2ccc(C(F)(F)F)cc2)cc2c1CC1CC3[C@H](N(C)C)C(=O)C(C(N)=O)C(=O)[C@@]3(O)C(=O)C1C2=O. The molecule has 0 spiro atoms. The average Bonchev–Trinajstić information content (AvgIpc) is 3.01. The molecule has 0 aliphatic heterocycles. The molecule has 2 amide bonds. The van der Waals surface area contributed by atoms with Crippen LogP contribution in [0.15, 0.2) is 41.4 Å². The van der Waals surface area contributed by atoms with Gasteiger partial charge in [-0.1, -0.05) is 0 Å². The summed E-state index contributed by atoms with van der Waals surface area (Å²) >= 11 is 0. The first-order valence-electron chi connectivity index (χ1n) is 15.5. The van der Waals surface area contributed by atoms with E-state index in [4.69, 9.17) is 11.5 Å². The number of carbonyl (C=O) groups excluding carboxylic acids is 6. The van der Waals surface area contributed by atoms with Gasteiger partial charge in [-0.15, -0.1) is 0 Å². The summed E-state index contributed by atoms with van der Waals surface area (Å²) in [7, 11) is 6.46. The molecule has 2 fully saturated rings. The number of alkyl halides is 3. The summed E-state index contributed by atoms with van der Waals surface area (Å²) in [5.74, 6) is -11.6. The molecule has 2 aromatic rings. The number of aliphatic imine (C=N–C) groups is 1. The summed E-state index contributed by atoms with van der Waals surface area (Å²) in [6.45, 7) is -0.506. The van der Waals surface area contributed by atoms with Crippen LogP contribution in [-0.2, 0) is 36.6 Å². The minimum absolute atomic E-state index is 0.0464. The Bertz CT molecular complexity index is 1830. The van der Waals surface area contributed by atoms with E-state index >= 15 is 0 Å². The summed E-state index contributed by atoms with van der Waals surface area (Å²) in [4.78, 5) is 87.0. The number of benzene rings is 2. The van der Waals surface area contributed by atoms with Crippen LogP contribution < -0.4 is 27.0 Å². The van der Waals surface area contributed by atoms with Crippen molar-refractivity contribution in [3.05, 3.63) is 53.1 Å². The number of nitrogens with zero attached hydrogens (tertiary/aromatic N) is 3. The molecule has 3 aliphatic carbocycles. The Kier molecular flexibility index (Phi) is 9.35. The lowest BCUT2D eigenvalue weighted by atomic mass is 9.52. The summed E-state index contributed by atoms with van der Waals surface area (Å²) in [5, 5.41) is 17.0. The van der Waals surface area contributed by atoms with Crippen LogP contribution in [0.1, 0.15) is 27.9 Å². The Hall–Kier alpha value is -5.16. The fourth-order valence-corrected chi connectivity index (χ4v) is 7.34. The molecule has 14 nitrogen and oxygen atoms in total. The van der Waals surface area contributed by atoms with E-state index in [0.717, 1.165) is 24.3 Å². The second-order valence-corrected chi connectivity index (χ2v) is 13.2. The van der Waals surface area contributed by atoms with E-state index in [9.17, 15) is 47.0 Å². The minimum Gasteiger partial charge on any atom is -0.377 e. The van der Waals surface area contributed by atoms with E-state index < -0.39 is 88.5 Å². The molecular formula is C33H36F3N7O7. The average molecular weight is 700 g/mol. The summed E-state index contributed by atoms with van der Waals surface area (Å²) < 4.78 is 38.5. The standard InChI is InChI=1S/C33H36F3N7O7/c1-42(2)21-12-17(40-22(44)13-39-31(38)41-16-7-5-15(6-8-16)33(34,35)36)11-19-18(21)9-14-10-20-25(43(3)4)27(46)24(30(37)49)29(48)32(20,50)28(47)23(14)26(19)45/h5-8,11-12,14,20,23-25,50H,9-10,13H2,1-4H3,(H2,37,49)(H,40,44)(H3,38,39,41)/t14?,20?,23?,24?,25-,32-/m0/s1. The van der Waals surface area contributed by atoms with Crippen LogP contribution in [0.4, 0.5) is 30.2 Å². The molecule has 0 radical (unpaired) electrons. The van der Waals surface area contributed by atoms with Crippen molar-refractivity contribution >= 4 is 58.0 Å². The maximum atomic E-state index is 14.1. The largest absolute Gasteiger partial charge is 0.416 e. The van der Waals surface area contributed by atoms with Gasteiger partial charge in [0.25, 0.3) is 0 Å². The topological polar surface area (TPSA) is 218 Å². The van der Waals surface area contributed by atoms with Gasteiger partial charge in [0.05, 0.1) is 17.5 Å². The highest BCUT2D eigenvalue weighted by Crippen LogP contribution is 2.51. The Labute approximate surface area is 284 Å². The van der Waals surface area contributed by atoms with E-state index in [2.05, 4.69) is 15.6 Å². The van der Waals surface area contributed by atoms with Gasteiger partial charge in [0.1, 0.15) is 6.54 Å². The number of guanidine groups is 1. The number of amides is 2. The van der Waals surface area contributed by atoms with E-state index in [-0.39, 0.29) is 35.7 Å². The van der Waals surface area contributed by atoms with Crippen LogP contribution >= 0.6 is 0 Å². The lowest BCUT2D eigenvalue weighted by molar-refractivity contribution is -0.181. The Morgan fingerprint density at radius 2 is 1.62 bits per heavy atom. The minimum atomic E-state index is -4.51. The first kappa shape index (κ1) is 36.1. The van der Waals surface area contributed by atoms with Crippen molar-refractivity contribution < 1.29 is 47.0 Å². The molecule has 6 atom stereocenters. The number of ketones is 4. The molecular weight excluding hydrogens is 663 g/mol. The van der Waals surface area contributed by atoms with Gasteiger partial charge in [-0.05, 0) is 74.8 Å². The van der Waals surface area contributed by atoms with Gasteiger partial charge in [0.2, 0.25) is 11.8 Å². The van der Waals surface area contributed by atoms with Crippen molar-refractivity contribution in [3.8, 4) is 0 Å². The highest BCUT2D eigenvalue weighted by Gasteiger charge is 2.69. The Balaban J connectivity index is 1.40. The zero-order valence-corrected chi connectivity index (χ0v) is 27.5. The fourth-order valence-electron chi connectivity index (χ4n) is 7.34. The molecule has 7 N–H and O–H groups in total. The molecule has 0 heterocycles. The number of fused-ring (bicyclic) bond motifs is 3. The van der Waals surface area contributed by atoms with E-state index in [1.165, 1.54) is 25.1 Å². The van der Waals surface area contributed by atoms with Crippen molar-refractivity contribution in [3.63, 3.8) is 0 Å².